The Bertz CT molecular complexity index is 949. The van der Waals surface area contributed by atoms with Gasteiger partial charge in [0.2, 0.25) is 0 Å². The highest BCUT2D eigenvalue weighted by atomic mass is 19.2. The molecule has 0 aliphatic heterocycles. The van der Waals surface area contributed by atoms with E-state index >= 15 is 0 Å². The van der Waals surface area contributed by atoms with Gasteiger partial charge in [-0.25, -0.2) is 8.78 Å². The van der Waals surface area contributed by atoms with Crippen molar-refractivity contribution in [2.24, 2.45) is 5.73 Å². The Morgan fingerprint density at radius 2 is 1.82 bits per heavy atom. The molecule has 0 amide bonds. The number of aromatic amines is 1. The van der Waals surface area contributed by atoms with Crippen LogP contribution in [0.5, 0.6) is 0 Å². The van der Waals surface area contributed by atoms with Crippen molar-refractivity contribution in [2.45, 2.75) is 38.1 Å². The molecule has 3 N–H and O–H groups in total. The van der Waals surface area contributed by atoms with Crippen LogP contribution in [-0.4, -0.2) is 35.2 Å². The van der Waals surface area contributed by atoms with Crippen molar-refractivity contribution in [3.05, 3.63) is 64.4 Å². The summed E-state index contributed by atoms with van der Waals surface area (Å²) in [6.45, 7) is 2.27. The average molecular weight is 384 g/mol. The lowest BCUT2D eigenvalue weighted by molar-refractivity contribution is 0.334. The van der Waals surface area contributed by atoms with E-state index in [0.717, 1.165) is 60.8 Å². The van der Waals surface area contributed by atoms with Gasteiger partial charge in [-0.15, -0.1) is 0 Å². The fourth-order valence-electron chi connectivity index (χ4n) is 4.48. The van der Waals surface area contributed by atoms with E-state index < -0.39 is 11.6 Å². The number of nitrogens with two attached hydrogens (primary N) is 1. The van der Waals surface area contributed by atoms with E-state index in [4.69, 9.17) is 5.73 Å². The van der Waals surface area contributed by atoms with Gasteiger partial charge in [0.25, 0.3) is 0 Å². The fourth-order valence-corrected chi connectivity index (χ4v) is 4.48. The van der Waals surface area contributed by atoms with E-state index in [1.54, 1.807) is 0 Å². The highest BCUT2D eigenvalue weighted by Gasteiger charge is 2.24. The number of hydrogen-bond donors (Lipinski definition) is 2. The number of H-pyrrole nitrogens is 1. The summed E-state index contributed by atoms with van der Waals surface area (Å²) in [4.78, 5) is 2.22. The molecular weight excluding hydrogens is 358 g/mol. The molecule has 0 unspecified atom stereocenters. The zero-order valence-electron chi connectivity index (χ0n) is 16.1. The minimum absolute atomic E-state index is 0.320. The monoisotopic (exact) mass is 384 g/mol. The summed E-state index contributed by atoms with van der Waals surface area (Å²) in [6.07, 6.45) is 5.23. The molecule has 6 heteroatoms. The molecule has 0 bridgehead atoms. The summed E-state index contributed by atoms with van der Waals surface area (Å²) in [5, 5.41) is 8.46. The molecule has 148 valence electrons. The largest absolute Gasteiger partial charge is 0.329 e. The van der Waals surface area contributed by atoms with E-state index in [9.17, 15) is 8.78 Å². The normalized spacial score (nSPS) is 15.2. The van der Waals surface area contributed by atoms with Gasteiger partial charge in [-0.05, 0) is 79.1 Å². The van der Waals surface area contributed by atoms with Crippen molar-refractivity contribution in [1.82, 2.24) is 15.1 Å². The van der Waals surface area contributed by atoms with E-state index in [1.807, 2.05) is 6.20 Å². The van der Waals surface area contributed by atoms with Crippen LogP contribution in [0, 0.1) is 11.6 Å². The Hall–Kier alpha value is -2.31. The maximum atomic E-state index is 13.7. The standard InChI is InChI=1S/C22H26F2N4/c1-28(9-8-25)13-17-6-7-21-18(12-26-27-21)22(17)14-2-4-15-10-19(23)20(24)11-16(15)5-3-14/h6-7,10-12,14H,2-5,8-9,13,25H2,1H3,(H,26,27). The topological polar surface area (TPSA) is 57.9 Å². The molecule has 0 fully saturated rings. The number of rotatable bonds is 5. The molecule has 0 atom stereocenters. The highest BCUT2D eigenvalue weighted by Crippen LogP contribution is 2.38. The molecule has 2 aromatic carbocycles. The lowest BCUT2D eigenvalue weighted by Crippen LogP contribution is -2.25. The molecule has 0 saturated heterocycles. The van der Waals surface area contributed by atoms with Crippen LogP contribution in [0.25, 0.3) is 10.9 Å². The Morgan fingerprint density at radius 1 is 1.14 bits per heavy atom. The van der Waals surface area contributed by atoms with Gasteiger partial charge in [-0.1, -0.05) is 6.07 Å². The Morgan fingerprint density at radius 3 is 2.46 bits per heavy atom. The van der Waals surface area contributed by atoms with Gasteiger partial charge in [-0.3, -0.25) is 5.10 Å². The van der Waals surface area contributed by atoms with E-state index in [0.29, 0.717) is 12.5 Å². The van der Waals surface area contributed by atoms with Crippen LogP contribution in [0.4, 0.5) is 8.78 Å². The highest BCUT2D eigenvalue weighted by molar-refractivity contribution is 5.83. The van der Waals surface area contributed by atoms with Gasteiger partial charge in [0.05, 0.1) is 11.7 Å². The van der Waals surface area contributed by atoms with Gasteiger partial charge in [-0.2, -0.15) is 5.10 Å². The number of nitrogens with zero attached hydrogens (tertiary/aromatic N) is 2. The first kappa shape index (κ1) is 19.0. The Labute approximate surface area is 163 Å². The molecule has 0 saturated carbocycles. The van der Waals surface area contributed by atoms with Crippen molar-refractivity contribution in [3.63, 3.8) is 0 Å². The van der Waals surface area contributed by atoms with Gasteiger partial charge in [0, 0.05) is 25.0 Å². The third-order valence-corrected chi connectivity index (χ3v) is 5.88. The Kier molecular flexibility index (Phi) is 5.42. The summed E-state index contributed by atoms with van der Waals surface area (Å²) >= 11 is 0. The quantitative estimate of drug-likeness (QED) is 0.656. The summed E-state index contributed by atoms with van der Waals surface area (Å²) in [6, 6.07) is 7.00. The molecule has 1 aliphatic rings. The molecule has 4 nitrogen and oxygen atoms in total. The third kappa shape index (κ3) is 3.66. The smallest absolute Gasteiger partial charge is 0.159 e. The number of nitrogens with one attached hydrogen (secondary N) is 1. The second-order valence-corrected chi connectivity index (χ2v) is 7.81. The second kappa shape index (κ2) is 7.97. The minimum atomic E-state index is -0.752. The number of aryl methyl sites for hydroxylation is 2. The summed E-state index contributed by atoms with van der Waals surface area (Å²) in [7, 11) is 2.07. The van der Waals surface area contributed by atoms with Crippen molar-refractivity contribution in [2.75, 3.05) is 20.1 Å². The molecule has 3 aromatic rings. The van der Waals surface area contributed by atoms with Gasteiger partial charge in [0.1, 0.15) is 0 Å². The number of aromatic nitrogens is 2. The average Bonchev–Trinajstić information content (AvgIpc) is 3.05. The zero-order valence-corrected chi connectivity index (χ0v) is 16.1. The lowest BCUT2D eigenvalue weighted by atomic mass is 9.85. The zero-order chi connectivity index (χ0) is 19.7. The minimum Gasteiger partial charge on any atom is -0.329 e. The van der Waals surface area contributed by atoms with Crippen LogP contribution in [0.15, 0.2) is 30.5 Å². The van der Waals surface area contributed by atoms with Crippen molar-refractivity contribution in [1.29, 1.82) is 0 Å². The first-order chi connectivity index (χ1) is 13.6. The molecule has 4 rings (SSSR count). The molecule has 1 aromatic heterocycles. The van der Waals surface area contributed by atoms with E-state index in [2.05, 4.69) is 34.3 Å². The molecular formula is C22H26F2N4. The third-order valence-electron chi connectivity index (χ3n) is 5.88. The number of benzene rings is 2. The number of likely N-dealkylation sites (N-methyl/N-ethyl adjacent to an activating group) is 1. The van der Waals surface area contributed by atoms with Crippen molar-refractivity contribution < 1.29 is 8.78 Å². The maximum absolute atomic E-state index is 13.7. The number of fused-ring (bicyclic) bond motifs is 2. The van der Waals surface area contributed by atoms with Gasteiger partial charge in [0.15, 0.2) is 11.6 Å². The van der Waals surface area contributed by atoms with Crippen LogP contribution >= 0.6 is 0 Å². The van der Waals surface area contributed by atoms with E-state index in [-0.39, 0.29) is 0 Å². The number of hydrogen-bond acceptors (Lipinski definition) is 3. The van der Waals surface area contributed by atoms with Crippen LogP contribution in [-0.2, 0) is 19.4 Å². The van der Waals surface area contributed by atoms with Crippen molar-refractivity contribution >= 4 is 10.9 Å². The van der Waals surface area contributed by atoms with Gasteiger partial charge < -0.3 is 10.6 Å². The molecule has 0 spiro atoms. The molecule has 28 heavy (non-hydrogen) atoms. The van der Waals surface area contributed by atoms with Crippen LogP contribution in [0.3, 0.4) is 0 Å². The first-order valence-corrected chi connectivity index (χ1v) is 9.87. The lowest BCUT2D eigenvalue weighted by Gasteiger charge is -2.23. The molecule has 1 heterocycles. The predicted octanol–water partition coefficient (Wildman–Crippen LogP) is 3.89. The van der Waals surface area contributed by atoms with Crippen LogP contribution < -0.4 is 5.73 Å². The molecule has 1 aliphatic carbocycles. The Balaban J connectivity index is 1.69. The second-order valence-electron chi connectivity index (χ2n) is 7.81. The van der Waals surface area contributed by atoms with Gasteiger partial charge >= 0.3 is 0 Å². The van der Waals surface area contributed by atoms with E-state index in [1.165, 1.54) is 23.3 Å². The summed E-state index contributed by atoms with van der Waals surface area (Å²) in [5.74, 6) is -1.18. The predicted molar refractivity (Wildman–Crippen MR) is 107 cm³/mol. The molecule has 0 radical (unpaired) electrons. The summed E-state index contributed by atoms with van der Waals surface area (Å²) in [5.41, 5.74) is 11.2. The SMILES string of the molecule is CN(CCN)Cc1ccc2[nH]ncc2c1C1CCc2cc(F)c(F)cc2CC1. The fraction of sp³-hybridized carbons (Fsp3) is 0.409. The van der Waals surface area contributed by atoms with Crippen LogP contribution in [0.2, 0.25) is 0 Å². The summed E-state index contributed by atoms with van der Waals surface area (Å²) < 4.78 is 27.4. The number of halogens is 2. The first-order valence-electron chi connectivity index (χ1n) is 9.87. The maximum Gasteiger partial charge on any atom is 0.159 e. The van der Waals surface area contributed by atoms with Crippen LogP contribution in [0.1, 0.15) is 41.0 Å². The van der Waals surface area contributed by atoms with Crippen molar-refractivity contribution in [3.8, 4) is 0 Å².